The number of aryl methyl sites for hydroxylation is 2. The Morgan fingerprint density at radius 2 is 1.65 bits per heavy atom. The molecule has 0 unspecified atom stereocenters. The van der Waals surface area contributed by atoms with E-state index < -0.39 is 52.0 Å². The number of hydrogen-bond donors (Lipinski definition) is 2. The Bertz CT molecular complexity index is 1800. The number of aliphatic imine (C=N–C) groups is 1. The van der Waals surface area contributed by atoms with E-state index in [9.17, 15) is 45.1 Å². The molecule has 3 aliphatic rings. The van der Waals surface area contributed by atoms with E-state index >= 15 is 0 Å². The SMILES string of the molecule is Cc1cc(C(=O)N2CCC(C)(O)CC2)cc(C)c1C=CS(=O)(=O)N1CCC2(CC1)N=C(c1cccc(OCCCC(F)(F)C(F)(F)F)c1)NC2=O. The van der Waals surface area contributed by atoms with Gasteiger partial charge in [0, 0.05) is 49.1 Å². The second kappa shape index (κ2) is 14.3. The van der Waals surface area contributed by atoms with Crippen molar-refractivity contribution in [2.45, 2.75) is 82.5 Å². The van der Waals surface area contributed by atoms with Crippen LogP contribution in [0.25, 0.3) is 6.08 Å². The van der Waals surface area contributed by atoms with Gasteiger partial charge in [-0.2, -0.15) is 26.3 Å². The first-order valence-electron chi connectivity index (χ1n) is 16.6. The van der Waals surface area contributed by atoms with Gasteiger partial charge in [0.05, 0.1) is 12.2 Å². The van der Waals surface area contributed by atoms with E-state index in [1.54, 1.807) is 49.9 Å². The highest BCUT2D eigenvalue weighted by Crippen LogP contribution is 2.39. The van der Waals surface area contributed by atoms with Gasteiger partial charge in [0.25, 0.3) is 11.8 Å². The average Bonchev–Trinajstić information content (AvgIpc) is 3.36. The molecule has 51 heavy (non-hydrogen) atoms. The minimum absolute atomic E-state index is 0.0245. The molecular formula is C35H41F5N4O6S. The van der Waals surface area contributed by atoms with Crippen LogP contribution in [0.5, 0.6) is 5.75 Å². The lowest BCUT2D eigenvalue weighted by Gasteiger charge is -2.36. The predicted octanol–water partition coefficient (Wildman–Crippen LogP) is 5.36. The van der Waals surface area contributed by atoms with Crippen molar-refractivity contribution >= 4 is 33.7 Å². The molecule has 2 fully saturated rings. The van der Waals surface area contributed by atoms with Crippen LogP contribution in [0.2, 0.25) is 0 Å². The number of carbonyl (C=O) groups excluding carboxylic acids is 2. The number of rotatable bonds is 10. The topological polar surface area (TPSA) is 129 Å². The van der Waals surface area contributed by atoms with Gasteiger partial charge in [-0.1, -0.05) is 12.1 Å². The van der Waals surface area contributed by atoms with Gasteiger partial charge in [0.15, 0.2) is 0 Å². The maximum absolute atomic E-state index is 13.3. The molecule has 2 aromatic rings. The average molecular weight is 741 g/mol. The molecule has 0 radical (unpaired) electrons. The Balaban J connectivity index is 1.19. The number of likely N-dealkylation sites (tertiary alicyclic amines) is 1. The van der Waals surface area contributed by atoms with Crippen LogP contribution in [0.4, 0.5) is 22.0 Å². The minimum atomic E-state index is -5.63. The van der Waals surface area contributed by atoms with Gasteiger partial charge in [0.1, 0.15) is 17.1 Å². The highest BCUT2D eigenvalue weighted by Gasteiger charge is 2.56. The molecular weight excluding hydrogens is 699 g/mol. The number of nitrogens with one attached hydrogen (secondary N) is 1. The molecule has 3 aliphatic heterocycles. The van der Waals surface area contributed by atoms with Crippen LogP contribution in [0, 0.1) is 13.8 Å². The number of amides is 2. The molecule has 0 saturated carbocycles. The Kier molecular flexibility index (Phi) is 10.7. The number of ether oxygens (including phenoxy) is 1. The third-order valence-electron chi connectivity index (χ3n) is 9.69. The molecule has 0 bridgehead atoms. The Morgan fingerprint density at radius 1 is 1.02 bits per heavy atom. The summed E-state index contributed by atoms with van der Waals surface area (Å²) in [6.07, 6.45) is -4.87. The number of alkyl halides is 5. The molecule has 16 heteroatoms. The fraction of sp³-hybridized carbons (Fsp3) is 0.514. The number of benzene rings is 2. The molecule has 278 valence electrons. The van der Waals surface area contributed by atoms with E-state index in [1.807, 2.05) is 0 Å². The number of carbonyl (C=O) groups is 2. The normalized spacial score (nSPS) is 19.7. The lowest BCUT2D eigenvalue weighted by Crippen LogP contribution is -2.50. The summed E-state index contributed by atoms with van der Waals surface area (Å²) in [7, 11) is -3.89. The fourth-order valence-corrected chi connectivity index (χ4v) is 7.61. The number of amidine groups is 1. The lowest BCUT2D eigenvalue weighted by molar-refractivity contribution is -0.284. The summed E-state index contributed by atoms with van der Waals surface area (Å²) < 4.78 is 96.9. The summed E-state index contributed by atoms with van der Waals surface area (Å²) in [5.41, 5.74) is 1.06. The van der Waals surface area contributed by atoms with E-state index in [2.05, 4.69) is 10.3 Å². The zero-order valence-electron chi connectivity index (χ0n) is 28.5. The molecule has 0 aromatic heterocycles. The van der Waals surface area contributed by atoms with E-state index in [0.717, 1.165) is 16.5 Å². The number of nitrogens with zero attached hydrogens (tertiary/aromatic N) is 3. The number of halogens is 5. The highest BCUT2D eigenvalue weighted by atomic mass is 32.2. The standard InChI is InChI=1S/C35H41F5N4O6S/c1-23-20-26(30(45)43-14-10-32(3,47)11-15-43)21-24(2)28(23)8-19-51(48,49)44-16-12-33(13-17-44)31(46)41-29(42-33)25-6-4-7-27(22-25)50-18-5-9-34(36,37)35(38,39)40/h4,6-8,19-22,47H,5,9-18H2,1-3H3,(H,41,42,46). The summed E-state index contributed by atoms with van der Waals surface area (Å²) in [5.74, 6) is -4.95. The smallest absolute Gasteiger partial charge is 0.453 e. The van der Waals surface area contributed by atoms with Gasteiger partial charge in [0.2, 0.25) is 10.0 Å². The van der Waals surface area contributed by atoms with Gasteiger partial charge in [-0.05, 0) is 99.9 Å². The Morgan fingerprint density at radius 3 is 2.25 bits per heavy atom. The first kappa shape index (κ1) is 38.3. The van der Waals surface area contributed by atoms with Crippen LogP contribution in [-0.4, -0.2) is 96.4 Å². The van der Waals surface area contributed by atoms with Crippen LogP contribution < -0.4 is 10.1 Å². The van der Waals surface area contributed by atoms with Gasteiger partial charge >= 0.3 is 12.1 Å². The van der Waals surface area contributed by atoms with E-state index in [0.29, 0.717) is 42.6 Å². The van der Waals surface area contributed by atoms with E-state index in [-0.39, 0.29) is 50.0 Å². The summed E-state index contributed by atoms with van der Waals surface area (Å²) in [5, 5.41) is 14.1. The molecule has 2 saturated heterocycles. The van der Waals surface area contributed by atoms with Crippen molar-refractivity contribution in [2.24, 2.45) is 4.99 Å². The predicted molar refractivity (Wildman–Crippen MR) is 180 cm³/mol. The number of aliphatic hydroxyl groups is 1. The maximum atomic E-state index is 13.3. The van der Waals surface area contributed by atoms with Crippen molar-refractivity contribution in [3.63, 3.8) is 0 Å². The Hall–Kier alpha value is -3.89. The minimum Gasteiger partial charge on any atom is -0.494 e. The van der Waals surface area contributed by atoms with Crippen molar-refractivity contribution in [1.29, 1.82) is 0 Å². The molecule has 3 heterocycles. The number of hydrogen-bond acceptors (Lipinski definition) is 7. The van der Waals surface area contributed by atoms with Crippen molar-refractivity contribution in [3.8, 4) is 5.75 Å². The summed E-state index contributed by atoms with van der Waals surface area (Å²) >= 11 is 0. The van der Waals surface area contributed by atoms with Crippen molar-refractivity contribution < 1.29 is 49.8 Å². The molecule has 5 rings (SSSR count). The van der Waals surface area contributed by atoms with Gasteiger partial charge < -0.3 is 20.1 Å². The van der Waals surface area contributed by atoms with Crippen molar-refractivity contribution in [3.05, 3.63) is 69.6 Å². The number of sulfonamides is 1. The Labute approximate surface area is 293 Å². The first-order valence-corrected chi connectivity index (χ1v) is 18.1. The second-order valence-corrected chi connectivity index (χ2v) is 15.5. The fourth-order valence-electron chi connectivity index (χ4n) is 6.44. The highest BCUT2D eigenvalue weighted by molar-refractivity contribution is 7.92. The number of piperidine rings is 2. The van der Waals surface area contributed by atoms with Crippen LogP contribution >= 0.6 is 0 Å². The molecule has 0 atom stereocenters. The lowest BCUT2D eigenvalue weighted by atomic mass is 9.89. The van der Waals surface area contributed by atoms with Crippen molar-refractivity contribution in [1.82, 2.24) is 14.5 Å². The van der Waals surface area contributed by atoms with Gasteiger partial charge in [-0.3, -0.25) is 14.6 Å². The zero-order valence-corrected chi connectivity index (χ0v) is 29.3. The summed E-state index contributed by atoms with van der Waals surface area (Å²) in [4.78, 5) is 32.6. The molecule has 1 spiro atoms. The molecule has 2 aromatic carbocycles. The maximum Gasteiger partial charge on any atom is 0.453 e. The quantitative estimate of drug-likeness (QED) is 0.250. The zero-order chi connectivity index (χ0) is 37.4. The van der Waals surface area contributed by atoms with Crippen LogP contribution in [-0.2, 0) is 14.8 Å². The molecule has 2 N–H and O–H groups in total. The largest absolute Gasteiger partial charge is 0.494 e. The molecule has 0 aliphatic carbocycles. The third kappa shape index (κ3) is 8.60. The van der Waals surface area contributed by atoms with Crippen LogP contribution in [0.1, 0.15) is 78.1 Å². The second-order valence-electron chi connectivity index (χ2n) is 13.7. The third-order valence-corrected chi connectivity index (χ3v) is 11.3. The summed E-state index contributed by atoms with van der Waals surface area (Å²) in [6, 6.07) is 9.62. The van der Waals surface area contributed by atoms with Crippen molar-refractivity contribution in [2.75, 3.05) is 32.8 Å². The molecule has 2 amide bonds. The van der Waals surface area contributed by atoms with Crippen LogP contribution in [0.3, 0.4) is 0 Å². The van der Waals surface area contributed by atoms with Gasteiger partial charge in [-0.15, -0.1) is 0 Å². The van der Waals surface area contributed by atoms with Gasteiger partial charge in [-0.25, -0.2) is 8.42 Å². The first-order chi connectivity index (χ1) is 23.7. The monoisotopic (exact) mass is 740 g/mol. The van der Waals surface area contributed by atoms with Crippen LogP contribution in [0.15, 0.2) is 46.8 Å². The summed E-state index contributed by atoms with van der Waals surface area (Å²) in [6.45, 7) is 5.93. The molecule has 10 nitrogen and oxygen atoms in total. The van der Waals surface area contributed by atoms with E-state index in [1.165, 1.54) is 22.5 Å². The van der Waals surface area contributed by atoms with E-state index in [4.69, 9.17) is 4.74 Å².